The quantitative estimate of drug-likeness (QED) is 0.765. The molecule has 2 N–H and O–H groups in total. The smallest absolute Gasteiger partial charge is 0.269 e. The monoisotopic (exact) mass is 345 g/mol. The van der Waals surface area contributed by atoms with Gasteiger partial charge in [0.15, 0.2) is 0 Å². The van der Waals surface area contributed by atoms with Gasteiger partial charge < -0.3 is 10.6 Å². The van der Waals surface area contributed by atoms with Crippen LogP contribution in [0.2, 0.25) is 0 Å². The lowest BCUT2D eigenvalue weighted by Crippen LogP contribution is -2.36. The van der Waals surface area contributed by atoms with Crippen molar-refractivity contribution in [2.24, 2.45) is 0 Å². The molecule has 6 heteroatoms. The molecule has 0 spiro atoms. The first-order valence-electron chi connectivity index (χ1n) is 8.94. The lowest BCUT2D eigenvalue weighted by molar-refractivity contribution is 0.0923. The molecular formula is C20H19N5O. The van der Waals surface area contributed by atoms with Crippen molar-refractivity contribution >= 4 is 11.7 Å². The van der Waals surface area contributed by atoms with Crippen molar-refractivity contribution in [2.75, 3.05) is 11.9 Å². The first-order valence-corrected chi connectivity index (χ1v) is 8.94. The summed E-state index contributed by atoms with van der Waals surface area (Å²) in [6.07, 6.45) is 3.66. The van der Waals surface area contributed by atoms with Crippen molar-refractivity contribution in [3.8, 4) is 11.3 Å². The van der Waals surface area contributed by atoms with Crippen LogP contribution in [0, 0.1) is 0 Å². The molecule has 0 radical (unpaired) electrons. The van der Waals surface area contributed by atoms with Gasteiger partial charge in [-0.25, -0.2) is 4.98 Å². The van der Waals surface area contributed by atoms with E-state index in [0.717, 1.165) is 54.3 Å². The average Bonchev–Trinajstić information content (AvgIpc) is 3.07. The molecule has 1 aliphatic carbocycles. The third-order valence-corrected chi connectivity index (χ3v) is 5.08. The van der Waals surface area contributed by atoms with Gasteiger partial charge in [-0.1, -0.05) is 30.3 Å². The zero-order valence-corrected chi connectivity index (χ0v) is 14.3. The number of carbonyl (C=O) groups excluding carboxylic acids is 1. The SMILES string of the molecule is O=C1NCCn2nc3c(c21)CCc1cnc(NCc2ccccc2)cc1-3. The Morgan fingerprint density at radius 3 is 2.96 bits per heavy atom. The molecule has 2 aliphatic rings. The summed E-state index contributed by atoms with van der Waals surface area (Å²) in [5.74, 6) is 0.820. The van der Waals surface area contributed by atoms with Crippen LogP contribution >= 0.6 is 0 Å². The fourth-order valence-electron chi connectivity index (χ4n) is 3.78. The standard InChI is InChI=1S/C20H19N5O/c26-20-19-15-7-6-14-12-23-17(22-11-13-4-2-1-3-5-13)10-16(14)18(15)24-25(19)9-8-21-20/h1-5,10,12H,6-9,11H2,(H,21,26)(H,22,23). The number of hydrogen-bond donors (Lipinski definition) is 2. The fourth-order valence-corrected chi connectivity index (χ4v) is 3.78. The number of aryl methyl sites for hydroxylation is 1. The number of pyridine rings is 1. The number of fused-ring (bicyclic) bond motifs is 5. The number of hydrogen-bond acceptors (Lipinski definition) is 4. The molecule has 3 heterocycles. The molecule has 0 saturated carbocycles. The molecule has 1 aromatic carbocycles. The lowest BCUT2D eigenvalue weighted by Gasteiger charge is -2.18. The minimum Gasteiger partial charge on any atom is -0.366 e. The third-order valence-electron chi connectivity index (χ3n) is 5.08. The van der Waals surface area contributed by atoms with E-state index in [1.165, 1.54) is 11.1 Å². The van der Waals surface area contributed by atoms with Crippen molar-refractivity contribution in [2.45, 2.75) is 25.9 Å². The van der Waals surface area contributed by atoms with E-state index in [0.29, 0.717) is 6.54 Å². The topological polar surface area (TPSA) is 71.8 Å². The highest BCUT2D eigenvalue weighted by Gasteiger charge is 2.30. The number of anilines is 1. The van der Waals surface area contributed by atoms with Crippen LogP contribution in [-0.4, -0.2) is 27.2 Å². The zero-order chi connectivity index (χ0) is 17.5. The van der Waals surface area contributed by atoms with E-state index in [1.807, 2.05) is 29.1 Å². The van der Waals surface area contributed by atoms with Crippen LogP contribution in [0.25, 0.3) is 11.3 Å². The molecule has 0 atom stereocenters. The molecule has 6 nitrogen and oxygen atoms in total. The highest BCUT2D eigenvalue weighted by Crippen LogP contribution is 2.36. The van der Waals surface area contributed by atoms with E-state index in [9.17, 15) is 4.79 Å². The molecule has 1 aliphatic heterocycles. The summed E-state index contributed by atoms with van der Waals surface area (Å²) < 4.78 is 1.86. The van der Waals surface area contributed by atoms with Gasteiger partial charge in [0.25, 0.3) is 5.91 Å². The molecule has 0 fully saturated rings. The maximum atomic E-state index is 12.3. The van der Waals surface area contributed by atoms with E-state index in [1.54, 1.807) is 0 Å². The van der Waals surface area contributed by atoms with Gasteiger partial charge in [0, 0.05) is 30.4 Å². The number of amides is 1. The van der Waals surface area contributed by atoms with Crippen LogP contribution < -0.4 is 10.6 Å². The maximum Gasteiger partial charge on any atom is 0.269 e. The zero-order valence-electron chi connectivity index (χ0n) is 14.3. The summed E-state index contributed by atoms with van der Waals surface area (Å²) >= 11 is 0. The van der Waals surface area contributed by atoms with Gasteiger partial charge in [0.05, 0.1) is 12.2 Å². The number of aromatic nitrogens is 3. The summed E-state index contributed by atoms with van der Waals surface area (Å²) in [4.78, 5) is 16.8. The molecule has 0 unspecified atom stereocenters. The summed E-state index contributed by atoms with van der Waals surface area (Å²) in [6.45, 7) is 2.09. The molecule has 0 bridgehead atoms. The summed E-state index contributed by atoms with van der Waals surface area (Å²) in [7, 11) is 0. The van der Waals surface area contributed by atoms with Crippen molar-refractivity contribution in [3.05, 3.63) is 65.0 Å². The highest BCUT2D eigenvalue weighted by molar-refractivity contribution is 5.97. The van der Waals surface area contributed by atoms with Crippen molar-refractivity contribution in [3.63, 3.8) is 0 Å². The van der Waals surface area contributed by atoms with Crippen molar-refractivity contribution in [1.82, 2.24) is 20.1 Å². The lowest BCUT2D eigenvalue weighted by atomic mass is 9.90. The second-order valence-electron chi connectivity index (χ2n) is 6.72. The first kappa shape index (κ1) is 15.1. The average molecular weight is 345 g/mol. The molecule has 2 aromatic heterocycles. The van der Waals surface area contributed by atoms with Crippen LogP contribution in [0.4, 0.5) is 5.82 Å². The van der Waals surface area contributed by atoms with E-state index in [2.05, 4.69) is 33.8 Å². The van der Waals surface area contributed by atoms with E-state index >= 15 is 0 Å². The number of rotatable bonds is 3. The van der Waals surface area contributed by atoms with Gasteiger partial charge in [-0.15, -0.1) is 0 Å². The molecule has 0 saturated heterocycles. The second-order valence-corrected chi connectivity index (χ2v) is 6.72. The molecule has 5 rings (SSSR count). The van der Waals surface area contributed by atoms with Gasteiger partial charge in [0.2, 0.25) is 0 Å². The second kappa shape index (κ2) is 5.98. The van der Waals surface area contributed by atoms with E-state index in [-0.39, 0.29) is 5.91 Å². The van der Waals surface area contributed by atoms with Gasteiger partial charge in [-0.3, -0.25) is 9.48 Å². The Balaban J connectivity index is 1.49. The Hall–Kier alpha value is -3.15. The Morgan fingerprint density at radius 2 is 2.08 bits per heavy atom. The Bertz CT molecular complexity index is 993. The predicted molar refractivity (Wildman–Crippen MR) is 99.0 cm³/mol. The Labute approximate surface area is 151 Å². The summed E-state index contributed by atoms with van der Waals surface area (Å²) in [5.41, 5.74) is 6.22. The number of nitrogens with one attached hydrogen (secondary N) is 2. The number of benzene rings is 1. The van der Waals surface area contributed by atoms with Crippen LogP contribution in [0.5, 0.6) is 0 Å². The predicted octanol–water partition coefficient (Wildman–Crippen LogP) is 2.40. The summed E-state index contributed by atoms with van der Waals surface area (Å²) in [5, 5.41) is 11.1. The van der Waals surface area contributed by atoms with Crippen LogP contribution in [-0.2, 0) is 25.9 Å². The molecule has 130 valence electrons. The molecule has 1 amide bonds. The minimum absolute atomic E-state index is 0.00932. The Kier molecular flexibility index (Phi) is 3.48. The maximum absolute atomic E-state index is 12.3. The van der Waals surface area contributed by atoms with Crippen LogP contribution in [0.3, 0.4) is 0 Å². The molecule has 26 heavy (non-hydrogen) atoms. The van der Waals surface area contributed by atoms with Crippen molar-refractivity contribution < 1.29 is 4.79 Å². The fraction of sp³-hybridized carbons (Fsp3) is 0.250. The number of carbonyl (C=O) groups is 1. The van der Waals surface area contributed by atoms with Gasteiger partial charge in [-0.2, -0.15) is 5.10 Å². The number of nitrogens with zero attached hydrogens (tertiary/aromatic N) is 3. The molecule has 3 aromatic rings. The summed E-state index contributed by atoms with van der Waals surface area (Å²) in [6, 6.07) is 12.3. The van der Waals surface area contributed by atoms with Crippen LogP contribution in [0.1, 0.15) is 27.2 Å². The normalized spacial score (nSPS) is 14.8. The highest BCUT2D eigenvalue weighted by atomic mass is 16.2. The van der Waals surface area contributed by atoms with Gasteiger partial charge >= 0.3 is 0 Å². The largest absolute Gasteiger partial charge is 0.366 e. The molecular weight excluding hydrogens is 326 g/mol. The van der Waals surface area contributed by atoms with E-state index < -0.39 is 0 Å². The van der Waals surface area contributed by atoms with Gasteiger partial charge in [0.1, 0.15) is 11.5 Å². The van der Waals surface area contributed by atoms with Gasteiger partial charge in [-0.05, 0) is 30.0 Å². The first-order chi connectivity index (χ1) is 12.8. The van der Waals surface area contributed by atoms with Crippen LogP contribution in [0.15, 0.2) is 42.6 Å². The minimum atomic E-state index is -0.00932. The Morgan fingerprint density at radius 1 is 1.19 bits per heavy atom. The van der Waals surface area contributed by atoms with E-state index in [4.69, 9.17) is 5.10 Å². The third kappa shape index (κ3) is 2.45. The van der Waals surface area contributed by atoms with Crippen molar-refractivity contribution in [1.29, 1.82) is 0 Å².